The van der Waals surface area contributed by atoms with Crippen LogP contribution in [-0.2, 0) is 4.74 Å². The molecule has 0 fully saturated rings. The second kappa shape index (κ2) is 4.51. The lowest BCUT2D eigenvalue weighted by atomic mass is 10.0. The number of hydrogen-bond acceptors (Lipinski definition) is 1. The quantitative estimate of drug-likeness (QED) is 0.508. The monoisotopic (exact) mass is 140 g/mol. The van der Waals surface area contributed by atoms with E-state index in [1.807, 2.05) is 0 Å². The highest BCUT2D eigenvalue weighted by Crippen LogP contribution is 2.12. The lowest BCUT2D eigenvalue weighted by molar-refractivity contribution is 0.129. The van der Waals surface area contributed by atoms with Crippen LogP contribution in [0.2, 0.25) is 0 Å². The summed E-state index contributed by atoms with van der Waals surface area (Å²) in [4.78, 5) is 0. The Labute approximate surface area is 63.1 Å². The standard InChI is InChI=1S/C9H16O/c1-10-9-7-5-3-2-4-6-8-9/h5,7,9H,2-4,6,8H2,1H3/b7-5+. The van der Waals surface area contributed by atoms with E-state index < -0.39 is 0 Å². The van der Waals surface area contributed by atoms with Crippen LogP contribution in [0.3, 0.4) is 0 Å². The highest BCUT2D eigenvalue weighted by Gasteiger charge is 2.03. The molecular formula is C9H16O. The normalized spacial score (nSPS) is 30.7. The SMILES string of the molecule is COC1/C=C/CCCCC1. The first-order valence-corrected chi connectivity index (χ1v) is 4.13. The molecule has 0 radical (unpaired) electrons. The third-order valence-corrected chi connectivity index (χ3v) is 2.01. The molecule has 0 spiro atoms. The highest BCUT2D eigenvalue weighted by atomic mass is 16.5. The van der Waals surface area contributed by atoms with E-state index >= 15 is 0 Å². The Morgan fingerprint density at radius 2 is 2.20 bits per heavy atom. The summed E-state index contributed by atoms with van der Waals surface area (Å²) in [6.45, 7) is 0. The van der Waals surface area contributed by atoms with Gasteiger partial charge in [0.25, 0.3) is 0 Å². The first-order chi connectivity index (χ1) is 4.93. The van der Waals surface area contributed by atoms with E-state index in [2.05, 4.69) is 12.2 Å². The molecule has 1 unspecified atom stereocenters. The van der Waals surface area contributed by atoms with Gasteiger partial charge in [0, 0.05) is 7.11 Å². The first-order valence-electron chi connectivity index (χ1n) is 4.13. The average molecular weight is 140 g/mol. The summed E-state index contributed by atoms with van der Waals surface area (Å²) in [6.07, 6.45) is 11.3. The Morgan fingerprint density at radius 3 is 3.00 bits per heavy atom. The molecule has 1 aliphatic carbocycles. The molecule has 0 amide bonds. The van der Waals surface area contributed by atoms with Crippen LogP contribution >= 0.6 is 0 Å². The summed E-state index contributed by atoms with van der Waals surface area (Å²) >= 11 is 0. The third-order valence-electron chi connectivity index (χ3n) is 2.01. The summed E-state index contributed by atoms with van der Waals surface area (Å²) in [5.74, 6) is 0. The highest BCUT2D eigenvalue weighted by molar-refractivity contribution is 4.90. The Morgan fingerprint density at radius 1 is 1.30 bits per heavy atom. The van der Waals surface area contributed by atoms with Crippen molar-refractivity contribution in [1.82, 2.24) is 0 Å². The molecule has 0 aromatic heterocycles. The molecule has 0 saturated heterocycles. The number of methoxy groups -OCH3 is 1. The molecule has 0 aromatic carbocycles. The zero-order valence-electron chi connectivity index (χ0n) is 6.68. The molecule has 58 valence electrons. The van der Waals surface area contributed by atoms with Gasteiger partial charge in [-0.15, -0.1) is 0 Å². The molecule has 1 aliphatic rings. The van der Waals surface area contributed by atoms with Gasteiger partial charge in [-0.25, -0.2) is 0 Å². The maximum atomic E-state index is 5.24. The van der Waals surface area contributed by atoms with E-state index in [1.165, 1.54) is 32.1 Å². The molecule has 0 aromatic rings. The predicted molar refractivity (Wildman–Crippen MR) is 43.0 cm³/mol. The van der Waals surface area contributed by atoms with Gasteiger partial charge in [0.1, 0.15) is 0 Å². The molecule has 1 rings (SSSR count). The van der Waals surface area contributed by atoms with Crippen LogP contribution in [0.15, 0.2) is 12.2 Å². The number of allylic oxidation sites excluding steroid dienone is 1. The van der Waals surface area contributed by atoms with E-state index in [0.29, 0.717) is 6.10 Å². The van der Waals surface area contributed by atoms with Crippen molar-refractivity contribution in [1.29, 1.82) is 0 Å². The van der Waals surface area contributed by atoms with Gasteiger partial charge in [0.05, 0.1) is 6.10 Å². The van der Waals surface area contributed by atoms with E-state index in [1.54, 1.807) is 7.11 Å². The average Bonchev–Trinajstić information content (AvgIpc) is 1.87. The minimum Gasteiger partial charge on any atom is -0.377 e. The smallest absolute Gasteiger partial charge is 0.0752 e. The van der Waals surface area contributed by atoms with Gasteiger partial charge in [-0.05, 0) is 19.3 Å². The first kappa shape index (κ1) is 7.80. The summed E-state index contributed by atoms with van der Waals surface area (Å²) < 4.78 is 5.24. The fourth-order valence-corrected chi connectivity index (χ4v) is 1.33. The van der Waals surface area contributed by atoms with Gasteiger partial charge in [0.2, 0.25) is 0 Å². The van der Waals surface area contributed by atoms with Crippen molar-refractivity contribution in [3.05, 3.63) is 12.2 Å². The molecule has 0 N–H and O–H groups in total. The van der Waals surface area contributed by atoms with Crippen molar-refractivity contribution < 1.29 is 4.74 Å². The van der Waals surface area contributed by atoms with Crippen LogP contribution < -0.4 is 0 Å². The summed E-state index contributed by atoms with van der Waals surface area (Å²) in [7, 11) is 1.79. The Bertz CT molecular complexity index is 107. The lowest BCUT2D eigenvalue weighted by Gasteiger charge is -2.12. The third kappa shape index (κ3) is 2.53. The molecule has 1 nitrogen and oxygen atoms in total. The van der Waals surface area contributed by atoms with Crippen LogP contribution in [0.1, 0.15) is 32.1 Å². The lowest BCUT2D eigenvalue weighted by Crippen LogP contribution is -2.07. The zero-order valence-corrected chi connectivity index (χ0v) is 6.68. The molecule has 1 atom stereocenters. The largest absolute Gasteiger partial charge is 0.377 e. The van der Waals surface area contributed by atoms with Crippen LogP contribution in [0.4, 0.5) is 0 Å². The van der Waals surface area contributed by atoms with Crippen LogP contribution in [0.25, 0.3) is 0 Å². The molecular weight excluding hydrogens is 124 g/mol. The number of hydrogen-bond donors (Lipinski definition) is 0. The van der Waals surface area contributed by atoms with Gasteiger partial charge in [-0.2, -0.15) is 0 Å². The molecule has 0 aliphatic heterocycles. The summed E-state index contributed by atoms with van der Waals surface area (Å²) in [5, 5.41) is 0. The topological polar surface area (TPSA) is 9.23 Å². The van der Waals surface area contributed by atoms with Gasteiger partial charge in [-0.3, -0.25) is 0 Å². The fraction of sp³-hybridized carbons (Fsp3) is 0.778. The van der Waals surface area contributed by atoms with Gasteiger partial charge >= 0.3 is 0 Å². The van der Waals surface area contributed by atoms with Gasteiger partial charge in [0.15, 0.2) is 0 Å². The predicted octanol–water partition coefficient (Wildman–Crippen LogP) is 2.52. The van der Waals surface area contributed by atoms with Crippen molar-refractivity contribution in [2.45, 2.75) is 38.2 Å². The van der Waals surface area contributed by atoms with Gasteiger partial charge in [-0.1, -0.05) is 25.0 Å². The summed E-state index contributed by atoms with van der Waals surface area (Å²) in [6, 6.07) is 0. The molecule has 0 bridgehead atoms. The Hall–Kier alpha value is -0.300. The number of rotatable bonds is 1. The van der Waals surface area contributed by atoms with Crippen molar-refractivity contribution in [3.63, 3.8) is 0 Å². The Kier molecular flexibility index (Phi) is 3.52. The summed E-state index contributed by atoms with van der Waals surface area (Å²) in [5.41, 5.74) is 0. The maximum Gasteiger partial charge on any atom is 0.0752 e. The molecule has 1 heteroatoms. The number of ether oxygens (including phenoxy) is 1. The van der Waals surface area contributed by atoms with E-state index in [4.69, 9.17) is 4.74 Å². The van der Waals surface area contributed by atoms with Crippen molar-refractivity contribution >= 4 is 0 Å². The van der Waals surface area contributed by atoms with Gasteiger partial charge < -0.3 is 4.74 Å². The van der Waals surface area contributed by atoms with E-state index in [0.717, 1.165) is 0 Å². The van der Waals surface area contributed by atoms with Crippen molar-refractivity contribution in [3.8, 4) is 0 Å². The second-order valence-electron chi connectivity index (χ2n) is 2.84. The van der Waals surface area contributed by atoms with E-state index in [-0.39, 0.29) is 0 Å². The Balaban J connectivity index is 2.33. The maximum absolute atomic E-state index is 5.24. The minimum absolute atomic E-state index is 0.389. The van der Waals surface area contributed by atoms with Crippen LogP contribution in [0.5, 0.6) is 0 Å². The molecule has 0 saturated carbocycles. The van der Waals surface area contributed by atoms with E-state index in [9.17, 15) is 0 Å². The zero-order chi connectivity index (χ0) is 7.23. The second-order valence-corrected chi connectivity index (χ2v) is 2.84. The van der Waals surface area contributed by atoms with Crippen LogP contribution in [-0.4, -0.2) is 13.2 Å². The van der Waals surface area contributed by atoms with Crippen molar-refractivity contribution in [2.24, 2.45) is 0 Å². The van der Waals surface area contributed by atoms with Crippen LogP contribution in [0, 0.1) is 0 Å². The minimum atomic E-state index is 0.389. The molecule has 10 heavy (non-hydrogen) atoms. The fourth-order valence-electron chi connectivity index (χ4n) is 1.33. The molecule has 0 heterocycles. The van der Waals surface area contributed by atoms with Crippen molar-refractivity contribution in [2.75, 3.05) is 7.11 Å².